The SMILES string of the molecule is Cc1cnc2c(ccn2CCCO)c1. The van der Waals surface area contributed by atoms with Gasteiger partial charge in [-0.15, -0.1) is 0 Å². The smallest absolute Gasteiger partial charge is 0.139 e. The Hall–Kier alpha value is -1.35. The molecule has 74 valence electrons. The number of aliphatic hydroxyl groups is 1. The molecule has 2 heterocycles. The molecule has 2 rings (SSSR count). The van der Waals surface area contributed by atoms with E-state index in [1.165, 1.54) is 10.9 Å². The van der Waals surface area contributed by atoms with Gasteiger partial charge in [-0.1, -0.05) is 0 Å². The Bertz CT molecular complexity index is 434. The summed E-state index contributed by atoms with van der Waals surface area (Å²) in [4.78, 5) is 4.37. The third kappa shape index (κ3) is 1.63. The van der Waals surface area contributed by atoms with E-state index < -0.39 is 0 Å². The van der Waals surface area contributed by atoms with Crippen molar-refractivity contribution >= 4 is 11.0 Å². The number of aromatic nitrogens is 2. The maximum absolute atomic E-state index is 8.75. The third-order valence-corrected chi connectivity index (χ3v) is 2.30. The molecule has 3 nitrogen and oxygen atoms in total. The quantitative estimate of drug-likeness (QED) is 0.800. The van der Waals surface area contributed by atoms with Crippen LogP contribution < -0.4 is 0 Å². The van der Waals surface area contributed by atoms with Crippen molar-refractivity contribution < 1.29 is 5.11 Å². The summed E-state index contributed by atoms with van der Waals surface area (Å²) < 4.78 is 2.07. The van der Waals surface area contributed by atoms with Crippen molar-refractivity contribution in [2.45, 2.75) is 19.9 Å². The number of nitrogens with zero attached hydrogens (tertiary/aromatic N) is 2. The van der Waals surface area contributed by atoms with E-state index in [0.717, 1.165) is 18.6 Å². The van der Waals surface area contributed by atoms with Crippen LogP contribution in [0.1, 0.15) is 12.0 Å². The molecular formula is C11H14N2O. The van der Waals surface area contributed by atoms with Gasteiger partial charge in [0.2, 0.25) is 0 Å². The van der Waals surface area contributed by atoms with Gasteiger partial charge in [0.15, 0.2) is 0 Å². The van der Waals surface area contributed by atoms with Crippen molar-refractivity contribution in [3.8, 4) is 0 Å². The summed E-state index contributed by atoms with van der Waals surface area (Å²) >= 11 is 0. The van der Waals surface area contributed by atoms with Gasteiger partial charge < -0.3 is 9.67 Å². The first-order valence-electron chi connectivity index (χ1n) is 4.83. The fourth-order valence-electron chi connectivity index (χ4n) is 1.61. The van der Waals surface area contributed by atoms with Crippen LogP contribution in [0.3, 0.4) is 0 Å². The van der Waals surface area contributed by atoms with Gasteiger partial charge in [0.05, 0.1) is 0 Å². The maximum Gasteiger partial charge on any atom is 0.139 e. The zero-order valence-corrected chi connectivity index (χ0v) is 8.27. The average Bonchev–Trinajstić information content (AvgIpc) is 2.57. The van der Waals surface area contributed by atoms with E-state index in [1.807, 2.05) is 19.3 Å². The van der Waals surface area contributed by atoms with Crippen molar-refractivity contribution in [1.29, 1.82) is 0 Å². The number of hydrogen-bond acceptors (Lipinski definition) is 2. The lowest BCUT2D eigenvalue weighted by atomic mass is 10.2. The van der Waals surface area contributed by atoms with Crippen LogP contribution in [-0.4, -0.2) is 21.3 Å². The van der Waals surface area contributed by atoms with Gasteiger partial charge in [-0.05, 0) is 31.0 Å². The van der Waals surface area contributed by atoms with E-state index in [2.05, 4.69) is 21.7 Å². The second kappa shape index (κ2) is 3.80. The zero-order valence-electron chi connectivity index (χ0n) is 8.27. The summed E-state index contributed by atoms with van der Waals surface area (Å²) in [7, 11) is 0. The molecular weight excluding hydrogens is 176 g/mol. The molecule has 0 aliphatic carbocycles. The summed E-state index contributed by atoms with van der Waals surface area (Å²) in [6, 6.07) is 4.19. The Morgan fingerprint density at radius 3 is 3.14 bits per heavy atom. The topological polar surface area (TPSA) is 38.0 Å². The summed E-state index contributed by atoms with van der Waals surface area (Å²) in [6.07, 6.45) is 4.67. The Balaban J connectivity index is 2.37. The first kappa shape index (κ1) is 9.21. The van der Waals surface area contributed by atoms with Crippen molar-refractivity contribution in [2.24, 2.45) is 0 Å². The average molecular weight is 190 g/mol. The van der Waals surface area contributed by atoms with Crippen LogP contribution >= 0.6 is 0 Å². The van der Waals surface area contributed by atoms with Gasteiger partial charge in [-0.25, -0.2) is 4.98 Å². The largest absolute Gasteiger partial charge is 0.396 e. The van der Waals surface area contributed by atoms with Crippen molar-refractivity contribution in [2.75, 3.05) is 6.61 Å². The number of aryl methyl sites for hydroxylation is 2. The first-order chi connectivity index (χ1) is 6.81. The van der Waals surface area contributed by atoms with E-state index in [9.17, 15) is 0 Å². The van der Waals surface area contributed by atoms with Gasteiger partial charge in [0.25, 0.3) is 0 Å². The molecule has 0 fully saturated rings. The minimum atomic E-state index is 0.228. The highest BCUT2D eigenvalue weighted by molar-refractivity contribution is 5.76. The lowest BCUT2D eigenvalue weighted by Crippen LogP contribution is -1.99. The number of aliphatic hydroxyl groups excluding tert-OH is 1. The Labute approximate surface area is 83.0 Å². The number of hydrogen-bond donors (Lipinski definition) is 1. The molecule has 0 saturated heterocycles. The molecule has 0 amide bonds. The zero-order chi connectivity index (χ0) is 9.97. The third-order valence-electron chi connectivity index (χ3n) is 2.30. The molecule has 0 saturated carbocycles. The molecule has 1 N–H and O–H groups in total. The molecule has 0 radical (unpaired) electrons. The number of rotatable bonds is 3. The second-order valence-corrected chi connectivity index (χ2v) is 3.51. The highest BCUT2D eigenvalue weighted by Gasteiger charge is 2.01. The minimum Gasteiger partial charge on any atom is -0.396 e. The van der Waals surface area contributed by atoms with E-state index in [-0.39, 0.29) is 6.61 Å². The number of pyridine rings is 1. The normalized spacial score (nSPS) is 11.0. The predicted octanol–water partition coefficient (Wildman–Crippen LogP) is 1.73. The van der Waals surface area contributed by atoms with Gasteiger partial charge in [0, 0.05) is 30.9 Å². The molecule has 0 spiro atoms. The summed E-state index contributed by atoms with van der Waals surface area (Å²) in [5, 5.41) is 9.92. The Morgan fingerprint density at radius 1 is 1.50 bits per heavy atom. The standard InChI is InChI=1S/C11H14N2O/c1-9-7-10-3-5-13(4-2-6-14)11(10)12-8-9/h3,5,7-8,14H,2,4,6H2,1H3. The van der Waals surface area contributed by atoms with Gasteiger partial charge >= 0.3 is 0 Å². The van der Waals surface area contributed by atoms with Gasteiger partial charge in [-0.2, -0.15) is 0 Å². The van der Waals surface area contributed by atoms with E-state index in [1.54, 1.807) is 0 Å². The molecule has 0 bridgehead atoms. The second-order valence-electron chi connectivity index (χ2n) is 3.51. The minimum absolute atomic E-state index is 0.228. The molecule has 0 unspecified atom stereocenters. The molecule has 0 aromatic carbocycles. The van der Waals surface area contributed by atoms with Crippen LogP contribution in [0.5, 0.6) is 0 Å². The predicted molar refractivity (Wildman–Crippen MR) is 56.2 cm³/mol. The monoisotopic (exact) mass is 190 g/mol. The summed E-state index contributed by atoms with van der Waals surface area (Å²) in [5.74, 6) is 0. The van der Waals surface area contributed by atoms with E-state index in [0.29, 0.717) is 0 Å². The molecule has 3 heteroatoms. The lowest BCUT2D eigenvalue weighted by Gasteiger charge is -2.02. The summed E-state index contributed by atoms with van der Waals surface area (Å²) in [5.41, 5.74) is 2.18. The molecule has 2 aromatic rings. The summed E-state index contributed by atoms with van der Waals surface area (Å²) in [6.45, 7) is 3.10. The number of fused-ring (bicyclic) bond motifs is 1. The highest BCUT2D eigenvalue weighted by atomic mass is 16.3. The van der Waals surface area contributed by atoms with Crippen LogP contribution in [-0.2, 0) is 6.54 Å². The van der Waals surface area contributed by atoms with Crippen LogP contribution in [0.25, 0.3) is 11.0 Å². The van der Waals surface area contributed by atoms with Crippen LogP contribution in [0.15, 0.2) is 24.5 Å². The van der Waals surface area contributed by atoms with Gasteiger partial charge in [0.1, 0.15) is 5.65 Å². The Morgan fingerprint density at radius 2 is 2.36 bits per heavy atom. The van der Waals surface area contributed by atoms with Crippen LogP contribution in [0.2, 0.25) is 0 Å². The molecule has 14 heavy (non-hydrogen) atoms. The fraction of sp³-hybridized carbons (Fsp3) is 0.364. The molecule has 0 aliphatic rings. The van der Waals surface area contributed by atoms with Crippen LogP contribution in [0.4, 0.5) is 0 Å². The van der Waals surface area contributed by atoms with Crippen molar-refractivity contribution in [1.82, 2.24) is 9.55 Å². The van der Waals surface area contributed by atoms with E-state index >= 15 is 0 Å². The highest BCUT2D eigenvalue weighted by Crippen LogP contribution is 2.14. The van der Waals surface area contributed by atoms with Crippen molar-refractivity contribution in [3.63, 3.8) is 0 Å². The lowest BCUT2D eigenvalue weighted by molar-refractivity contribution is 0.280. The van der Waals surface area contributed by atoms with Crippen LogP contribution in [0, 0.1) is 6.92 Å². The van der Waals surface area contributed by atoms with Gasteiger partial charge in [-0.3, -0.25) is 0 Å². The fourth-order valence-corrected chi connectivity index (χ4v) is 1.61. The molecule has 2 aromatic heterocycles. The van der Waals surface area contributed by atoms with Crippen molar-refractivity contribution in [3.05, 3.63) is 30.1 Å². The molecule has 0 atom stereocenters. The molecule has 0 aliphatic heterocycles. The Kier molecular flexibility index (Phi) is 2.50. The van der Waals surface area contributed by atoms with E-state index in [4.69, 9.17) is 5.11 Å². The first-order valence-corrected chi connectivity index (χ1v) is 4.83. The maximum atomic E-state index is 8.75.